The van der Waals surface area contributed by atoms with Crippen LogP contribution < -0.4 is 0 Å². The van der Waals surface area contributed by atoms with Gasteiger partial charge in [0.05, 0.1) is 13.2 Å². The van der Waals surface area contributed by atoms with Gasteiger partial charge in [-0.15, -0.1) is 0 Å². The number of hydrogen-bond acceptors (Lipinski definition) is 4. The van der Waals surface area contributed by atoms with Crippen LogP contribution in [0.25, 0.3) is 0 Å². The molecule has 0 unspecified atom stereocenters. The molecule has 1 aliphatic heterocycles. The topological polar surface area (TPSA) is 44.8 Å². The third-order valence-corrected chi connectivity index (χ3v) is 4.56. The summed E-state index contributed by atoms with van der Waals surface area (Å²) < 4.78 is 15.5. The molecule has 24 heavy (non-hydrogen) atoms. The molecule has 0 aromatic rings. The number of esters is 1. The number of unbranched alkanes of at least 4 members (excludes halogenated alkanes) is 12. The summed E-state index contributed by atoms with van der Waals surface area (Å²) in [6, 6.07) is 0. The molecule has 0 bridgehead atoms. The summed E-state index contributed by atoms with van der Waals surface area (Å²) in [6.45, 7) is 3.51. The number of carbonyl (C=O) groups excluding carboxylic acids is 1. The van der Waals surface area contributed by atoms with E-state index in [0.717, 1.165) is 12.8 Å². The van der Waals surface area contributed by atoms with Gasteiger partial charge in [-0.1, -0.05) is 84.0 Å². The first kappa shape index (κ1) is 21.4. The third-order valence-electron chi connectivity index (χ3n) is 4.56. The highest BCUT2D eigenvalue weighted by molar-refractivity contribution is 5.69. The molecule has 0 aromatic carbocycles. The van der Waals surface area contributed by atoms with E-state index in [4.69, 9.17) is 14.2 Å². The van der Waals surface area contributed by atoms with Gasteiger partial charge >= 0.3 is 5.97 Å². The van der Waals surface area contributed by atoms with E-state index >= 15 is 0 Å². The van der Waals surface area contributed by atoms with E-state index in [1.807, 2.05) is 0 Å². The highest BCUT2D eigenvalue weighted by Crippen LogP contribution is 2.13. The largest absolute Gasteiger partial charge is 0.457 e. The lowest BCUT2D eigenvalue weighted by atomic mass is 10.0. The summed E-state index contributed by atoms with van der Waals surface area (Å²) in [5.41, 5.74) is 0. The first-order valence-electron chi connectivity index (χ1n) is 10.2. The molecule has 142 valence electrons. The normalized spacial score (nSPS) is 15.5. The Morgan fingerprint density at radius 2 is 1.25 bits per heavy atom. The molecule has 1 saturated heterocycles. The molecule has 0 N–H and O–H groups in total. The van der Waals surface area contributed by atoms with Crippen LogP contribution in [0.3, 0.4) is 0 Å². The molecule has 0 atom stereocenters. The molecule has 0 aromatic heterocycles. The first-order valence-corrected chi connectivity index (χ1v) is 10.2. The van der Waals surface area contributed by atoms with Gasteiger partial charge in [0.25, 0.3) is 0 Å². The monoisotopic (exact) mass is 342 g/mol. The second-order valence-corrected chi connectivity index (χ2v) is 6.96. The van der Waals surface area contributed by atoms with Crippen LogP contribution in [0.5, 0.6) is 0 Å². The molecule has 0 spiro atoms. The molecule has 0 saturated carbocycles. The van der Waals surface area contributed by atoms with Crippen LogP contribution in [0.15, 0.2) is 0 Å². The summed E-state index contributed by atoms with van der Waals surface area (Å²) in [7, 11) is 0. The van der Waals surface area contributed by atoms with E-state index in [1.54, 1.807) is 0 Å². The van der Waals surface area contributed by atoms with Gasteiger partial charge in [-0.25, -0.2) is 0 Å². The van der Waals surface area contributed by atoms with Crippen molar-refractivity contribution in [3.8, 4) is 0 Å². The van der Waals surface area contributed by atoms with Gasteiger partial charge < -0.3 is 14.2 Å². The van der Waals surface area contributed by atoms with E-state index in [-0.39, 0.29) is 12.1 Å². The van der Waals surface area contributed by atoms with E-state index in [9.17, 15) is 4.79 Å². The maximum absolute atomic E-state index is 11.7. The third kappa shape index (κ3) is 12.8. The van der Waals surface area contributed by atoms with Crippen molar-refractivity contribution in [3.63, 3.8) is 0 Å². The molecule has 1 aliphatic rings. The quantitative estimate of drug-likeness (QED) is 0.296. The van der Waals surface area contributed by atoms with Gasteiger partial charge in [0.1, 0.15) is 12.9 Å². The van der Waals surface area contributed by atoms with Crippen LogP contribution in [0.1, 0.15) is 96.8 Å². The predicted molar refractivity (Wildman–Crippen MR) is 97.0 cm³/mol. The Hall–Kier alpha value is -0.610. The van der Waals surface area contributed by atoms with Gasteiger partial charge in [0.15, 0.2) is 0 Å². The predicted octanol–water partition coefficient (Wildman–Crippen LogP) is 5.38. The molecular formula is C20H38O4. The fraction of sp³-hybridized carbons (Fsp3) is 0.950. The summed E-state index contributed by atoms with van der Waals surface area (Å²) in [5.74, 6) is -0.114. The summed E-state index contributed by atoms with van der Waals surface area (Å²) in [5, 5.41) is 0. The maximum atomic E-state index is 11.7. The molecule has 0 amide bonds. The maximum Gasteiger partial charge on any atom is 0.306 e. The molecule has 4 nitrogen and oxygen atoms in total. The second kappa shape index (κ2) is 15.9. The lowest BCUT2D eigenvalue weighted by Crippen LogP contribution is -2.33. The zero-order valence-corrected chi connectivity index (χ0v) is 15.7. The molecule has 0 radical (unpaired) electrons. The van der Waals surface area contributed by atoms with Gasteiger partial charge in [0, 0.05) is 6.42 Å². The van der Waals surface area contributed by atoms with Crippen molar-refractivity contribution in [1.82, 2.24) is 0 Å². The Bertz CT molecular complexity index is 287. The second-order valence-electron chi connectivity index (χ2n) is 6.96. The van der Waals surface area contributed by atoms with E-state index < -0.39 is 0 Å². The van der Waals surface area contributed by atoms with Crippen LogP contribution in [0, 0.1) is 0 Å². The first-order chi connectivity index (χ1) is 11.8. The molecule has 1 heterocycles. The molecule has 1 rings (SSSR count). The fourth-order valence-corrected chi connectivity index (χ4v) is 3.07. The Balaban J connectivity index is 1.76. The molecule has 1 fully saturated rings. The van der Waals surface area contributed by atoms with Gasteiger partial charge in [0.2, 0.25) is 0 Å². The van der Waals surface area contributed by atoms with E-state index in [2.05, 4.69) is 6.92 Å². The Morgan fingerprint density at radius 3 is 1.75 bits per heavy atom. The molecule has 4 heteroatoms. The van der Waals surface area contributed by atoms with E-state index in [1.165, 1.54) is 70.6 Å². The van der Waals surface area contributed by atoms with Crippen LogP contribution >= 0.6 is 0 Å². The SMILES string of the molecule is CCCCCCCCCCCCCCCC(=O)OC1COCOC1. The van der Waals surface area contributed by atoms with Crippen molar-refractivity contribution >= 4 is 5.97 Å². The zero-order chi connectivity index (χ0) is 17.3. The number of ether oxygens (including phenoxy) is 3. The van der Waals surface area contributed by atoms with Gasteiger partial charge in [-0.2, -0.15) is 0 Å². The number of hydrogen-bond donors (Lipinski definition) is 0. The van der Waals surface area contributed by atoms with Crippen LogP contribution in [0.2, 0.25) is 0 Å². The Labute approximate surface area is 148 Å². The minimum atomic E-state index is -0.215. The van der Waals surface area contributed by atoms with Gasteiger partial charge in [-0.3, -0.25) is 4.79 Å². The van der Waals surface area contributed by atoms with Crippen molar-refractivity contribution in [3.05, 3.63) is 0 Å². The van der Waals surface area contributed by atoms with Crippen LogP contribution in [-0.4, -0.2) is 32.1 Å². The van der Waals surface area contributed by atoms with Crippen molar-refractivity contribution in [2.24, 2.45) is 0 Å². The number of carbonyl (C=O) groups is 1. The molecular weight excluding hydrogens is 304 g/mol. The number of rotatable bonds is 15. The summed E-state index contributed by atoms with van der Waals surface area (Å²) in [4.78, 5) is 11.7. The Morgan fingerprint density at radius 1 is 0.792 bits per heavy atom. The van der Waals surface area contributed by atoms with Gasteiger partial charge in [-0.05, 0) is 6.42 Å². The van der Waals surface area contributed by atoms with E-state index in [0.29, 0.717) is 26.4 Å². The van der Waals surface area contributed by atoms with Crippen molar-refractivity contribution in [1.29, 1.82) is 0 Å². The van der Waals surface area contributed by atoms with Crippen molar-refractivity contribution in [2.45, 2.75) is 103 Å². The summed E-state index contributed by atoms with van der Waals surface area (Å²) >= 11 is 0. The zero-order valence-electron chi connectivity index (χ0n) is 15.7. The Kier molecular flexibility index (Phi) is 14.2. The fourth-order valence-electron chi connectivity index (χ4n) is 3.07. The standard InChI is InChI=1S/C20H38O4/c1-2-3-4-5-6-7-8-9-10-11-12-13-14-15-20(21)24-19-16-22-18-23-17-19/h19H,2-18H2,1H3. The average molecular weight is 343 g/mol. The van der Waals surface area contributed by atoms with Crippen molar-refractivity contribution in [2.75, 3.05) is 20.0 Å². The van der Waals surface area contributed by atoms with Crippen LogP contribution in [-0.2, 0) is 19.0 Å². The van der Waals surface area contributed by atoms with Crippen LogP contribution in [0.4, 0.5) is 0 Å². The highest BCUT2D eigenvalue weighted by Gasteiger charge is 2.18. The highest BCUT2D eigenvalue weighted by atomic mass is 16.7. The minimum Gasteiger partial charge on any atom is -0.457 e. The molecule has 0 aliphatic carbocycles. The average Bonchev–Trinajstić information content (AvgIpc) is 2.60. The minimum absolute atomic E-state index is 0.114. The lowest BCUT2D eigenvalue weighted by molar-refractivity contribution is -0.183. The smallest absolute Gasteiger partial charge is 0.306 e. The summed E-state index contributed by atoms with van der Waals surface area (Å²) in [6.07, 6.45) is 17.4. The lowest BCUT2D eigenvalue weighted by Gasteiger charge is -2.22. The van der Waals surface area contributed by atoms with Crippen molar-refractivity contribution < 1.29 is 19.0 Å².